The summed E-state index contributed by atoms with van der Waals surface area (Å²) in [6, 6.07) is 7.61. The summed E-state index contributed by atoms with van der Waals surface area (Å²) in [6.45, 7) is 3.10. The zero-order chi connectivity index (χ0) is 25.0. The first-order valence-corrected chi connectivity index (χ1v) is 11.4. The lowest BCUT2D eigenvalue weighted by atomic mass is 9.98. The summed E-state index contributed by atoms with van der Waals surface area (Å²) >= 11 is 1.05. The van der Waals surface area contributed by atoms with E-state index in [0.717, 1.165) is 23.5 Å². The summed E-state index contributed by atoms with van der Waals surface area (Å²) in [6.07, 6.45) is 0. The van der Waals surface area contributed by atoms with Crippen LogP contribution in [0.5, 0.6) is 11.5 Å². The van der Waals surface area contributed by atoms with Gasteiger partial charge in [0, 0.05) is 6.92 Å². The number of carbonyl (C=O) groups is 2. The number of Topliss-reactive ketones (excluding diaryl/α,β-unsaturated/α-hetero) is 1. The summed E-state index contributed by atoms with van der Waals surface area (Å²) in [4.78, 5) is 45.5. The average molecular weight is 495 g/mol. The number of aryl methyl sites for hydroxylation is 1. The van der Waals surface area contributed by atoms with Gasteiger partial charge in [0.25, 0.3) is 5.91 Å². The Morgan fingerprint density at radius 3 is 2.51 bits per heavy atom. The molecule has 0 saturated carbocycles. The predicted molar refractivity (Wildman–Crippen MR) is 127 cm³/mol. The molecule has 1 amide bonds. The Bertz CT molecular complexity index is 1590. The Kier molecular flexibility index (Phi) is 5.40. The van der Waals surface area contributed by atoms with Crippen LogP contribution in [0.3, 0.4) is 0 Å². The summed E-state index contributed by atoms with van der Waals surface area (Å²) in [5.74, 6) is -0.687. The second kappa shape index (κ2) is 8.31. The third kappa shape index (κ3) is 3.48. The van der Waals surface area contributed by atoms with Gasteiger partial charge in [0.05, 0.1) is 41.8 Å². The number of amides is 1. The normalized spacial score (nSPS) is 14.9. The number of hydrogen-bond acceptors (Lipinski definition) is 8. The molecule has 0 fully saturated rings. The molecule has 4 aromatic rings. The molecular formula is C25H19FN2O6S. The van der Waals surface area contributed by atoms with Crippen molar-refractivity contribution in [3.8, 4) is 11.5 Å². The Balaban J connectivity index is 1.81. The number of benzene rings is 2. The van der Waals surface area contributed by atoms with E-state index < -0.39 is 23.2 Å². The molecule has 1 atom stereocenters. The number of fused-ring (bicyclic) bond motifs is 2. The third-order valence-electron chi connectivity index (χ3n) is 5.87. The number of ether oxygens (including phenoxy) is 2. The van der Waals surface area contributed by atoms with Crippen molar-refractivity contribution in [3.05, 3.63) is 79.9 Å². The number of hydrogen-bond donors (Lipinski definition) is 0. The minimum Gasteiger partial charge on any atom is -0.493 e. The summed E-state index contributed by atoms with van der Waals surface area (Å²) < 4.78 is 30.6. The fraction of sp³-hybridized carbons (Fsp3) is 0.200. The first-order valence-electron chi connectivity index (χ1n) is 10.5. The van der Waals surface area contributed by atoms with Crippen molar-refractivity contribution in [2.75, 3.05) is 19.1 Å². The molecule has 2 aromatic carbocycles. The maximum absolute atomic E-state index is 14.0. The van der Waals surface area contributed by atoms with E-state index in [1.807, 2.05) is 0 Å². The second-order valence-electron chi connectivity index (χ2n) is 7.97. The molecule has 35 heavy (non-hydrogen) atoms. The van der Waals surface area contributed by atoms with Crippen molar-refractivity contribution in [1.82, 2.24) is 4.98 Å². The molecule has 0 saturated heterocycles. The van der Waals surface area contributed by atoms with Gasteiger partial charge in [0.2, 0.25) is 5.76 Å². The molecule has 0 aliphatic carbocycles. The van der Waals surface area contributed by atoms with E-state index >= 15 is 0 Å². The molecule has 0 radical (unpaired) electrons. The minimum atomic E-state index is -0.952. The highest BCUT2D eigenvalue weighted by Gasteiger charge is 2.45. The molecule has 1 unspecified atom stereocenters. The van der Waals surface area contributed by atoms with E-state index in [2.05, 4.69) is 4.98 Å². The Morgan fingerprint density at radius 2 is 1.86 bits per heavy atom. The number of rotatable bonds is 5. The number of anilines is 1. The quantitative estimate of drug-likeness (QED) is 0.372. The van der Waals surface area contributed by atoms with Crippen LogP contribution in [-0.4, -0.2) is 30.9 Å². The Labute approximate surface area is 202 Å². The highest BCUT2D eigenvalue weighted by atomic mass is 32.1. The summed E-state index contributed by atoms with van der Waals surface area (Å²) in [5, 5.41) is 0.252. The summed E-state index contributed by atoms with van der Waals surface area (Å²) in [5.41, 5.74) is 0.610. The molecular weight excluding hydrogens is 475 g/mol. The number of aromatic nitrogens is 1. The lowest BCUT2D eigenvalue weighted by molar-refractivity contribution is 0.0969. The number of thiazole rings is 1. The van der Waals surface area contributed by atoms with Crippen LogP contribution in [-0.2, 0) is 0 Å². The van der Waals surface area contributed by atoms with Crippen molar-refractivity contribution in [1.29, 1.82) is 0 Å². The highest BCUT2D eigenvalue weighted by molar-refractivity contribution is 7.17. The van der Waals surface area contributed by atoms with Crippen molar-refractivity contribution in [2.45, 2.75) is 19.9 Å². The lowest BCUT2D eigenvalue weighted by Gasteiger charge is -2.23. The number of nitrogens with zero attached hydrogens (tertiary/aromatic N) is 2. The van der Waals surface area contributed by atoms with Crippen molar-refractivity contribution >= 4 is 39.1 Å². The van der Waals surface area contributed by atoms with Crippen molar-refractivity contribution < 1.29 is 27.9 Å². The van der Waals surface area contributed by atoms with Crippen LogP contribution in [0.25, 0.3) is 11.0 Å². The Morgan fingerprint density at radius 1 is 1.11 bits per heavy atom. The van der Waals surface area contributed by atoms with Gasteiger partial charge in [-0.3, -0.25) is 19.3 Å². The van der Waals surface area contributed by atoms with Gasteiger partial charge in [-0.15, -0.1) is 0 Å². The van der Waals surface area contributed by atoms with Gasteiger partial charge in [0.15, 0.2) is 27.8 Å². The first kappa shape index (κ1) is 22.7. The van der Waals surface area contributed by atoms with E-state index in [1.165, 1.54) is 32.1 Å². The highest BCUT2D eigenvalue weighted by Crippen LogP contribution is 2.44. The van der Waals surface area contributed by atoms with E-state index in [1.54, 1.807) is 25.1 Å². The monoisotopic (exact) mass is 494 g/mol. The maximum Gasteiger partial charge on any atom is 0.297 e. The number of methoxy groups -OCH3 is 2. The van der Waals surface area contributed by atoms with Crippen molar-refractivity contribution in [2.24, 2.45) is 0 Å². The van der Waals surface area contributed by atoms with Crippen molar-refractivity contribution in [3.63, 3.8) is 0 Å². The largest absolute Gasteiger partial charge is 0.493 e. The van der Waals surface area contributed by atoms with Crippen LogP contribution in [0.1, 0.15) is 50.0 Å². The fourth-order valence-electron chi connectivity index (χ4n) is 4.29. The molecule has 3 heterocycles. The summed E-state index contributed by atoms with van der Waals surface area (Å²) in [7, 11) is 2.97. The van der Waals surface area contributed by atoms with Crippen LogP contribution in [0.2, 0.25) is 0 Å². The fourth-order valence-corrected chi connectivity index (χ4v) is 5.28. The third-order valence-corrected chi connectivity index (χ3v) is 7.12. The van der Waals surface area contributed by atoms with Gasteiger partial charge in [0.1, 0.15) is 11.4 Å². The van der Waals surface area contributed by atoms with E-state index in [0.29, 0.717) is 27.6 Å². The second-order valence-corrected chi connectivity index (χ2v) is 8.95. The predicted octanol–water partition coefficient (Wildman–Crippen LogP) is 4.67. The molecule has 1 aliphatic heterocycles. The van der Waals surface area contributed by atoms with E-state index in [4.69, 9.17) is 13.9 Å². The van der Waals surface area contributed by atoms with Gasteiger partial charge in [-0.1, -0.05) is 17.4 Å². The van der Waals surface area contributed by atoms with E-state index in [-0.39, 0.29) is 33.2 Å². The zero-order valence-corrected chi connectivity index (χ0v) is 20.0. The number of ketones is 1. The van der Waals surface area contributed by atoms with Gasteiger partial charge < -0.3 is 13.9 Å². The van der Waals surface area contributed by atoms with Crippen LogP contribution in [0.15, 0.2) is 45.6 Å². The standard InChI is InChI=1S/C25H19FN2O6S/c1-11-23(12(2)29)35-25(27-11)28-20(13-5-7-17(32-3)18(9-13)33-4)19-21(30)15-10-14(26)6-8-16(15)34-22(19)24(28)31/h5-10,20H,1-4H3. The molecule has 178 valence electrons. The van der Waals surface area contributed by atoms with Crippen LogP contribution in [0.4, 0.5) is 9.52 Å². The van der Waals surface area contributed by atoms with Gasteiger partial charge in [-0.05, 0) is 42.8 Å². The van der Waals surface area contributed by atoms with Crippen LogP contribution < -0.4 is 19.8 Å². The molecule has 0 bridgehead atoms. The SMILES string of the molecule is COc1ccc(C2c3c(oc4ccc(F)cc4c3=O)C(=O)N2c2nc(C)c(C(C)=O)s2)cc1OC. The zero-order valence-electron chi connectivity index (χ0n) is 19.2. The molecule has 0 N–H and O–H groups in total. The smallest absolute Gasteiger partial charge is 0.297 e. The van der Waals surface area contributed by atoms with E-state index in [9.17, 15) is 18.8 Å². The van der Waals surface area contributed by atoms with Gasteiger partial charge in [-0.2, -0.15) is 0 Å². The first-order chi connectivity index (χ1) is 16.7. The Hall–Kier alpha value is -4.05. The van der Waals surface area contributed by atoms with Gasteiger partial charge >= 0.3 is 0 Å². The average Bonchev–Trinajstić information content (AvgIpc) is 3.36. The molecule has 8 nitrogen and oxygen atoms in total. The van der Waals surface area contributed by atoms with Crippen LogP contribution >= 0.6 is 11.3 Å². The molecule has 10 heteroatoms. The van der Waals surface area contributed by atoms with Crippen LogP contribution in [0, 0.1) is 12.7 Å². The maximum atomic E-state index is 14.0. The van der Waals surface area contributed by atoms with Gasteiger partial charge in [-0.25, -0.2) is 9.37 Å². The topological polar surface area (TPSA) is 98.9 Å². The molecule has 2 aromatic heterocycles. The lowest BCUT2D eigenvalue weighted by Crippen LogP contribution is -2.29. The number of carbonyl (C=O) groups excluding carboxylic acids is 2. The minimum absolute atomic E-state index is 0.0172. The molecule has 1 aliphatic rings. The number of halogens is 1. The molecule has 5 rings (SSSR count). The molecule has 0 spiro atoms.